The van der Waals surface area contributed by atoms with E-state index in [1.807, 2.05) is 0 Å². The highest BCUT2D eigenvalue weighted by atomic mass is 16.5. The maximum atomic E-state index is 11.7. The van der Waals surface area contributed by atoms with Crippen molar-refractivity contribution in [2.24, 2.45) is 16.6 Å². The maximum absolute atomic E-state index is 11.7. The molecule has 3 nitrogen and oxygen atoms in total. The molecule has 2 atom stereocenters. The van der Waals surface area contributed by atoms with Crippen LogP contribution in [0.2, 0.25) is 0 Å². The molecule has 2 unspecified atom stereocenters. The summed E-state index contributed by atoms with van der Waals surface area (Å²) in [5, 5.41) is 0. The Morgan fingerprint density at radius 1 is 1.35 bits per heavy atom. The van der Waals surface area contributed by atoms with E-state index >= 15 is 0 Å². The molecular weight excluding hydrogens is 214 g/mol. The normalized spacial score (nSPS) is 29.7. The first kappa shape index (κ1) is 14.5. The Morgan fingerprint density at radius 2 is 1.94 bits per heavy atom. The molecule has 1 saturated carbocycles. The van der Waals surface area contributed by atoms with Crippen molar-refractivity contribution in [3.63, 3.8) is 0 Å². The Balaban J connectivity index is 3.02. The van der Waals surface area contributed by atoms with E-state index in [1.165, 1.54) is 20.0 Å². The molecule has 0 spiro atoms. The average Bonchev–Trinajstić information content (AvgIpc) is 2.30. The first-order valence-electron chi connectivity index (χ1n) is 6.72. The van der Waals surface area contributed by atoms with Crippen molar-refractivity contribution in [1.82, 2.24) is 0 Å². The molecule has 0 saturated heterocycles. The van der Waals surface area contributed by atoms with Gasteiger partial charge in [-0.25, -0.2) is 0 Å². The number of rotatable bonds is 4. The first-order valence-corrected chi connectivity index (χ1v) is 6.72. The van der Waals surface area contributed by atoms with Gasteiger partial charge in [0.25, 0.3) is 0 Å². The van der Waals surface area contributed by atoms with Crippen LogP contribution in [-0.4, -0.2) is 19.1 Å². The highest BCUT2D eigenvalue weighted by Crippen LogP contribution is 2.54. The predicted molar refractivity (Wildman–Crippen MR) is 69.6 cm³/mol. The fourth-order valence-electron chi connectivity index (χ4n) is 3.46. The highest BCUT2D eigenvalue weighted by molar-refractivity contribution is 5.70. The summed E-state index contributed by atoms with van der Waals surface area (Å²) in [4.78, 5) is 11.7. The third kappa shape index (κ3) is 2.65. The molecule has 1 aliphatic carbocycles. The second kappa shape index (κ2) is 5.38. The number of nitrogens with two attached hydrogens (primary N) is 1. The van der Waals surface area contributed by atoms with Crippen LogP contribution in [0.5, 0.6) is 0 Å². The van der Waals surface area contributed by atoms with Crippen LogP contribution in [-0.2, 0) is 9.53 Å². The summed E-state index contributed by atoms with van der Waals surface area (Å²) in [7, 11) is 1.46. The van der Waals surface area contributed by atoms with Gasteiger partial charge in [0.2, 0.25) is 0 Å². The summed E-state index contributed by atoms with van der Waals surface area (Å²) < 4.78 is 4.87. The zero-order valence-corrected chi connectivity index (χ0v) is 11.7. The van der Waals surface area contributed by atoms with E-state index in [1.54, 1.807) is 0 Å². The maximum Gasteiger partial charge on any atom is 0.306 e. The van der Waals surface area contributed by atoms with Crippen LogP contribution in [0.25, 0.3) is 0 Å². The summed E-state index contributed by atoms with van der Waals surface area (Å²) in [6.07, 6.45) is 5.99. The van der Waals surface area contributed by atoms with Crippen LogP contribution < -0.4 is 5.73 Å². The molecule has 1 aliphatic rings. The van der Waals surface area contributed by atoms with Crippen molar-refractivity contribution in [3.05, 3.63) is 0 Å². The van der Waals surface area contributed by atoms with Crippen LogP contribution in [0.15, 0.2) is 0 Å². The molecule has 0 radical (unpaired) electrons. The molecule has 2 N–H and O–H groups in total. The zero-order valence-electron chi connectivity index (χ0n) is 11.7. The van der Waals surface area contributed by atoms with Crippen molar-refractivity contribution in [2.75, 3.05) is 7.11 Å². The number of esters is 1. The fraction of sp³-hybridized carbons (Fsp3) is 0.929. The van der Waals surface area contributed by atoms with Gasteiger partial charge in [-0.2, -0.15) is 0 Å². The molecule has 0 bridgehead atoms. The summed E-state index contributed by atoms with van der Waals surface area (Å²) in [5.41, 5.74) is 6.38. The van der Waals surface area contributed by atoms with Crippen molar-refractivity contribution in [1.29, 1.82) is 0 Å². The Bertz CT molecular complexity index is 275. The number of carbonyl (C=O) groups is 1. The SMILES string of the molecule is CCC(N)C1(CC(=O)OC)CCCCC1(C)C. The van der Waals surface area contributed by atoms with Crippen LogP contribution in [0.1, 0.15) is 59.3 Å². The van der Waals surface area contributed by atoms with Gasteiger partial charge >= 0.3 is 5.97 Å². The minimum absolute atomic E-state index is 0.0805. The fourth-order valence-corrected chi connectivity index (χ4v) is 3.46. The lowest BCUT2D eigenvalue weighted by atomic mass is 9.53. The van der Waals surface area contributed by atoms with Gasteiger partial charge in [0, 0.05) is 11.5 Å². The Morgan fingerprint density at radius 3 is 2.41 bits per heavy atom. The molecule has 0 amide bonds. The number of methoxy groups -OCH3 is 1. The van der Waals surface area contributed by atoms with Crippen LogP contribution in [0.3, 0.4) is 0 Å². The van der Waals surface area contributed by atoms with Gasteiger partial charge in [0.05, 0.1) is 13.5 Å². The number of hydrogen-bond donors (Lipinski definition) is 1. The van der Waals surface area contributed by atoms with E-state index in [2.05, 4.69) is 20.8 Å². The monoisotopic (exact) mass is 241 g/mol. The van der Waals surface area contributed by atoms with Crippen molar-refractivity contribution < 1.29 is 9.53 Å². The zero-order chi connectivity index (χ0) is 13.1. The molecule has 0 heterocycles. The molecule has 0 aromatic heterocycles. The van der Waals surface area contributed by atoms with Gasteiger partial charge in [-0.15, -0.1) is 0 Å². The van der Waals surface area contributed by atoms with Crippen molar-refractivity contribution >= 4 is 5.97 Å². The van der Waals surface area contributed by atoms with Crippen molar-refractivity contribution in [2.45, 2.75) is 65.3 Å². The lowest BCUT2D eigenvalue weighted by molar-refractivity contribution is -0.148. The summed E-state index contributed by atoms with van der Waals surface area (Å²) in [6.45, 7) is 6.61. The molecule has 100 valence electrons. The van der Waals surface area contributed by atoms with Gasteiger partial charge in [0.1, 0.15) is 0 Å². The first-order chi connectivity index (χ1) is 7.89. The van der Waals surface area contributed by atoms with Gasteiger partial charge in [-0.1, -0.05) is 33.6 Å². The average molecular weight is 241 g/mol. The Kier molecular flexibility index (Phi) is 4.59. The molecule has 0 aliphatic heterocycles. The molecule has 0 aromatic carbocycles. The van der Waals surface area contributed by atoms with Crippen LogP contribution in [0, 0.1) is 10.8 Å². The predicted octanol–water partition coefficient (Wildman–Crippen LogP) is 2.87. The van der Waals surface area contributed by atoms with Gasteiger partial charge < -0.3 is 10.5 Å². The van der Waals surface area contributed by atoms with E-state index in [-0.39, 0.29) is 22.8 Å². The second-order valence-electron chi connectivity index (χ2n) is 6.01. The smallest absolute Gasteiger partial charge is 0.306 e. The lowest BCUT2D eigenvalue weighted by Gasteiger charge is -2.53. The molecular formula is C14H27NO2. The molecule has 1 rings (SSSR count). The summed E-state index contributed by atoms with van der Waals surface area (Å²) in [5.74, 6) is -0.121. The van der Waals surface area contributed by atoms with E-state index in [0.717, 1.165) is 19.3 Å². The highest BCUT2D eigenvalue weighted by Gasteiger charge is 2.51. The lowest BCUT2D eigenvalue weighted by Crippen LogP contribution is -2.54. The minimum Gasteiger partial charge on any atom is -0.469 e. The third-order valence-electron chi connectivity index (χ3n) is 4.86. The molecule has 0 aromatic rings. The topological polar surface area (TPSA) is 52.3 Å². The molecule has 3 heteroatoms. The van der Waals surface area contributed by atoms with Crippen LogP contribution >= 0.6 is 0 Å². The van der Waals surface area contributed by atoms with Gasteiger partial charge in [-0.3, -0.25) is 4.79 Å². The van der Waals surface area contributed by atoms with E-state index < -0.39 is 0 Å². The largest absolute Gasteiger partial charge is 0.469 e. The summed E-state index contributed by atoms with van der Waals surface area (Å²) in [6, 6.07) is 0.0805. The molecule has 1 fully saturated rings. The van der Waals surface area contributed by atoms with Gasteiger partial charge in [0.15, 0.2) is 0 Å². The summed E-state index contributed by atoms with van der Waals surface area (Å²) >= 11 is 0. The minimum atomic E-state index is -0.121. The second-order valence-corrected chi connectivity index (χ2v) is 6.01. The van der Waals surface area contributed by atoms with E-state index in [4.69, 9.17) is 10.5 Å². The van der Waals surface area contributed by atoms with Crippen LogP contribution in [0.4, 0.5) is 0 Å². The molecule has 17 heavy (non-hydrogen) atoms. The standard InChI is InChI=1S/C14H27NO2/c1-5-11(15)14(10-12(16)17-4)9-7-6-8-13(14,2)3/h11H,5-10,15H2,1-4H3. The number of ether oxygens (including phenoxy) is 1. The van der Waals surface area contributed by atoms with E-state index in [0.29, 0.717) is 6.42 Å². The Labute approximate surface area is 105 Å². The van der Waals surface area contributed by atoms with E-state index in [9.17, 15) is 4.79 Å². The van der Waals surface area contributed by atoms with Crippen molar-refractivity contribution in [3.8, 4) is 0 Å². The third-order valence-corrected chi connectivity index (χ3v) is 4.86. The number of hydrogen-bond acceptors (Lipinski definition) is 3. The number of carbonyl (C=O) groups excluding carboxylic acids is 1. The quantitative estimate of drug-likeness (QED) is 0.770. The van der Waals surface area contributed by atoms with Gasteiger partial charge in [-0.05, 0) is 24.7 Å². The Hall–Kier alpha value is -0.570.